The Kier molecular flexibility index (Phi) is 5.84. The molecule has 3 aromatic rings. The van der Waals surface area contributed by atoms with Crippen LogP contribution in [0.25, 0.3) is 11.1 Å². The molecule has 0 saturated carbocycles. The maximum atomic E-state index is 12.2. The van der Waals surface area contributed by atoms with Crippen molar-refractivity contribution in [2.45, 2.75) is 32.8 Å². The summed E-state index contributed by atoms with van der Waals surface area (Å²) in [6, 6.07) is 13.8. The highest BCUT2D eigenvalue weighted by Gasteiger charge is 2.18. The van der Waals surface area contributed by atoms with Crippen LogP contribution < -0.4 is 5.32 Å². The van der Waals surface area contributed by atoms with Crippen molar-refractivity contribution >= 4 is 34.4 Å². The number of esters is 1. The van der Waals surface area contributed by atoms with Gasteiger partial charge < -0.3 is 14.5 Å². The molecule has 7 nitrogen and oxygen atoms in total. The summed E-state index contributed by atoms with van der Waals surface area (Å²) in [4.78, 5) is 39.7. The Morgan fingerprint density at radius 3 is 2.50 bits per heavy atom. The first-order valence-electron chi connectivity index (χ1n) is 8.88. The van der Waals surface area contributed by atoms with Gasteiger partial charge in [-0.2, -0.15) is 0 Å². The van der Waals surface area contributed by atoms with Crippen molar-refractivity contribution in [3.8, 4) is 0 Å². The van der Waals surface area contributed by atoms with Gasteiger partial charge in [0, 0.05) is 17.7 Å². The summed E-state index contributed by atoms with van der Waals surface area (Å²) in [5.74, 6) is -0.581. The largest absolute Gasteiger partial charge is 0.453 e. The van der Waals surface area contributed by atoms with Crippen LogP contribution in [0.3, 0.4) is 0 Å². The van der Waals surface area contributed by atoms with Gasteiger partial charge in [0.15, 0.2) is 23.4 Å². The van der Waals surface area contributed by atoms with Crippen LogP contribution in [0.2, 0.25) is 0 Å². The first-order valence-corrected chi connectivity index (χ1v) is 8.88. The third kappa shape index (κ3) is 4.82. The second-order valence-corrected chi connectivity index (χ2v) is 6.33. The quantitative estimate of drug-likeness (QED) is 0.497. The minimum absolute atomic E-state index is 0.0533. The van der Waals surface area contributed by atoms with Crippen molar-refractivity contribution in [2.24, 2.45) is 0 Å². The van der Waals surface area contributed by atoms with E-state index >= 15 is 0 Å². The SMILES string of the molecule is CC(=O)c1ccc(NC(=O)[C@H](C)OC(=O)CCc2nc3ccccc3o2)cc1. The number of nitrogens with zero attached hydrogens (tertiary/aromatic N) is 1. The van der Waals surface area contributed by atoms with Crippen LogP contribution >= 0.6 is 0 Å². The van der Waals surface area contributed by atoms with E-state index in [4.69, 9.17) is 9.15 Å². The van der Waals surface area contributed by atoms with Gasteiger partial charge in [-0.15, -0.1) is 0 Å². The highest BCUT2D eigenvalue weighted by Crippen LogP contribution is 2.16. The smallest absolute Gasteiger partial charge is 0.307 e. The van der Waals surface area contributed by atoms with Gasteiger partial charge in [0.2, 0.25) is 0 Å². The minimum Gasteiger partial charge on any atom is -0.453 e. The second kappa shape index (κ2) is 8.47. The summed E-state index contributed by atoms with van der Waals surface area (Å²) in [6.45, 7) is 2.96. The van der Waals surface area contributed by atoms with E-state index in [1.165, 1.54) is 13.8 Å². The van der Waals surface area contributed by atoms with Gasteiger partial charge >= 0.3 is 5.97 Å². The van der Waals surface area contributed by atoms with Crippen molar-refractivity contribution in [2.75, 3.05) is 5.32 Å². The molecule has 1 amide bonds. The van der Waals surface area contributed by atoms with Crippen LogP contribution in [0.5, 0.6) is 0 Å². The molecule has 7 heteroatoms. The molecule has 0 aliphatic heterocycles. The lowest BCUT2D eigenvalue weighted by atomic mass is 10.1. The van der Waals surface area contributed by atoms with E-state index in [1.807, 2.05) is 18.2 Å². The van der Waals surface area contributed by atoms with Gasteiger partial charge in [0.1, 0.15) is 5.52 Å². The number of ether oxygens (including phenoxy) is 1. The molecule has 3 rings (SSSR count). The third-order valence-electron chi connectivity index (χ3n) is 4.12. The molecule has 0 aliphatic rings. The van der Waals surface area contributed by atoms with Crippen LogP contribution in [-0.2, 0) is 20.7 Å². The molecule has 144 valence electrons. The van der Waals surface area contributed by atoms with Gasteiger partial charge in [-0.25, -0.2) is 4.98 Å². The van der Waals surface area contributed by atoms with Crippen molar-refractivity contribution in [1.82, 2.24) is 4.98 Å². The molecule has 0 aliphatic carbocycles. The number of anilines is 1. The molecule has 1 atom stereocenters. The summed E-state index contributed by atoms with van der Waals surface area (Å²) < 4.78 is 10.7. The molecule has 1 heterocycles. The fraction of sp³-hybridized carbons (Fsp3) is 0.238. The molecular weight excluding hydrogens is 360 g/mol. The normalized spacial score (nSPS) is 11.8. The van der Waals surface area contributed by atoms with Gasteiger partial charge in [-0.05, 0) is 50.2 Å². The highest BCUT2D eigenvalue weighted by atomic mass is 16.5. The lowest BCUT2D eigenvalue weighted by molar-refractivity contribution is -0.153. The predicted molar refractivity (Wildman–Crippen MR) is 103 cm³/mol. The van der Waals surface area contributed by atoms with Gasteiger partial charge in [0.05, 0.1) is 6.42 Å². The number of ketones is 1. The summed E-state index contributed by atoms with van der Waals surface area (Å²) in [6.07, 6.45) is -0.616. The number of carbonyl (C=O) groups excluding carboxylic acids is 3. The summed E-state index contributed by atoms with van der Waals surface area (Å²) in [7, 11) is 0. The Hall–Kier alpha value is -3.48. The van der Waals surface area contributed by atoms with E-state index in [1.54, 1.807) is 30.3 Å². The zero-order valence-corrected chi connectivity index (χ0v) is 15.6. The van der Waals surface area contributed by atoms with Crippen LogP contribution in [0.4, 0.5) is 5.69 Å². The Labute approximate surface area is 161 Å². The lowest BCUT2D eigenvalue weighted by Gasteiger charge is -2.13. The summed E-state index contributed by atoms with van der Waals surface area (Å²) >= 11 is 0. The lowest BCUT2D eigenvalue weighted by Crippen LogP contribution is -2.30. The Morgan fingerprint density at radius 1 is 1.11 bits per heavy atom. The fourth-order valence-electron chi connectivity index (χ4n) is 2.58. The fourth-order valence-corrected chi connectivity index (χ4v) is 2.58. The van der Waals surface area contributed by atoms with Crippen LogP contribution in [0.1, 0.15) is 36.5 Å². The first-order chi connectivity index (χ1) is 13.4. The number of hydrogen-bond donors (Lipinski definition) is 1. The maximum absolute atomic E-state index is 12.2. The van der Waals surface area contributed by atoms with Crippen molar-refractivity contribution < 1.29 is 23.5 Å². The molecule has 1 N–H and O–H groups in total. The monoisotopic (exact) mass is 380 g/mol. The molecule has 0 radical (unpaired) electrons. The molecule has 1 aromatic heterocycles. The third-order valence-corrected chi connectivity index (χ3v) is 4.12. The standard InChI is InChI=1S/C21H20N2O5/c1-13(24)15-7-9-16(10-8-15)22-21(26)14(2)27-20(25)12-11-19-23-17-5-3-4-6-18(17)28-19/h3-10,14H,11-12H2,1-2H3,(H,22,26)/t14-/m0/s1. The van der Waals surface area contributed by atoms with Gasteiger partial charge in [0.25, 0.3) is 5.91 Å². The van der Waals surface area contributed by atoms with Crippen molar-refractivity contribution in [3.05, 3.63) is 60.0 Å². The van der Waals surface area contributed by atoms with E-state index < -0.39 is 18.0 Å². The number of rotatable bonds is 7. The topological polar surface area (TPSA) is 98.5 Å². The summed E-state index contributed by atoms with van der Waals surface area (Å²) in [5, 5.41) is 2.65. The van der Waals surface area contributed by atoms with Gasteiger partial charge in [-0.3, -0.25) is 14.4 Å². The summed E-state index contributed by atoms with van der Waals surface area (Å²) in [5.41, 5.74) is 2.46. The average molecular weight is 380 g/mol. The first kappa shape index (κ1) is 19.3. The molecule has 0 saturated heterocycles. The average Bonchev–Trinajstić information content (AvgIpc) is 3.09. The number of aromatic nitrogens is 1. The zero-order valence-electron chi connectivity index (χ0n) is 15.6. The second-order valence-electron chi connectivity index (χ2n) is 6.33. The Balaban J connectivity index is 1.48. The van der Waals surface area contributed by atoms with Crippen LogP contribution in [0.15, 0.2) is 52.9 Å². The van der Waals surface area contributed by atoms with E-state index in [2.05, 4.69) is 10.3 Å². The minimum atomic E-state index is -0.955. The number of nitrogens with one attached hydrogen (secondary N) is 1. The number of hydrogen-bond acceptors (Lipinski definition) is 6. The van der Waals surface area contributed by atoms with Crippen LogP contribution in [-0.4, -0.2) is 28.7 Å². The highest BCUT2D eigenvalue weighted by molar-refractivity contribution is 5.97. The van der Waals surface area contributed by atoms with E-state index in [0.29, 0.717) is 22.7 Å². The maximum Gasteiger partial charge on any atom is 0.307 e. The Morgan fingerprint density at radius 2 is 1.82 bits per heavy atom. The molecular formula is C21H20N2O5. The molecule has 28 heavy (non-hydrogen) atoms. The van der Waals surface area contributed by atoms with Crippen LogP contribution in [0, 0.1) is 0 Å². The number of oxazole rings is 1. The number of carbonyl (C=O) groups is 3. The predicted octanol–water partition coefficient (Wildman–Crippen LogP) is 3.53. The molecule has 0 fully saturated rings. The number of aryl methyl sites for hydroxylation is 1. The molecule has 2 aromatic carbocycles. The number of benzene rings is 2. The van der Waals surface area contributed by atoms with Crippen molar-refractivity contribution in [1.29, 1.82) is 0 Å². The van der Waals surface area contributed by atoms with E-state index in [9.17, 15) is 14.4 Å². The number of Topliss-reactive ketones (excluding diaryl/α,β-unsaturated/α-hetero) is 1. The van der Waals surface area contributed by atoms with E-state index in [0.717, 1.165) is 5.52 Å². The molecule has 0 spiro atoms. The Bertz CT molecular complexity index is 974. The number of para-hydroxylation sites is 2. The van der Waals surface area contributed by atoms with Crippen molar-refractivity contribution in [3.63, 3.8) is 0 Å². The molecule has 0 bridgehead atoms. The number of fused-ring (bicyclic) bond motifs is 1. The zero-order chi connectivity index (χ0) is 20.1. The van der Waals surface area contributed by atoms with Gasteiger partial charge in [-0.1, -0.05) is 12.1 Å². The number of amides is 1. The van der Waals surface area contributed by atoms with E-state index in [-0.39, 0.29) is 18.6 Å². The molecule has 0 unspecified atom stereocenters.